The maximum absolute atomic E-state index is 5.95. The zero-order valence-electron chi connectivity index (χ0n) is 10.1. The Bertz CT molecular complexity index is 335. The molecule has 0 saturated carbocycles. The molecule has 1 aromatic heterocycles. The summed E-state index contributed by atoms with van der Waals surface area (Å²) in [6.07, 6.45) is 2.51. The lowest BCUT2D eigenvalue weighted by Crippen LogP contribution is -2.39. The Labute approximate surface area is 122 Å². The molecular weight excluding hydrogens is 320 g/mol. The first-order valence-corrected chi connectivity index (χ1v) is 7.48. The van der Waals surface area contributed by atoms with Crippen LogP contribution in [-0.4, -0.2) is 24.0 Å². The Hall–Kier alpha value is 0.390. The average molecular weight is 340 g/mol. The van der Waals surface area contributed by atoms with Crippen molar-refractivity contribution >= 4 is 39.7 Å². The normalized spacial score (nSPS) is 19.9. The van der Waals surface area contributed by atoms with Crippen molar-refractivity contribution in [2.75, 3.05) is 13.1 Å². The maximum atomic E-state index is 5.95. The Morgan fingerprint density at radius 1 is 1.47 bits per heavy atom. The molecule has 1 aromatic rings. The largest absolute Gasteiger partial charge is 0.328 e. The summed E-state index contributed by atoms with van der Waals surface area (Å²) in [6.45, 7) is 5.63. The van der Waals surface area contributed by atoms with E-state index in [-0.39, 0.29) is 12.4 Å². The van der Waals surface area contributed by atoms with Crippen molar-refractivity contribution in [1.29, 1.82) is 0 Å². The predicted octanol–water partition coefficient (Wildman–Crippen LogP) is 3.49. The van der Waals surface area contributed by atoms with Gasteiger partial charge in [-0.05, 0) is 66.8 Å². The van der Waals surface area contributed by atoms with Crippen molar-refractivity contribution < 1.29 is 0 Å². The van der Waals surface area contributed by atoms with Crippen LogP contribution in [0.15, 0.2) is 15.9 Å². The Morgan fingerprint density at radius 2 is 2.12 bits per heavy atom. The second-order valence-corrected chi connectivity index (χ2v) is 7.23. The van der Waals surface area contributed by atoms with Crippen molar-refractivity contribution in [2.24, 2.45) is 11.7 Å². The molecule has 0 radical (unpaired) electrons. The van der Waals surface area contributed by atoms with Crippen LogP contribution < -0.4 is 5.73 Å². The molecule has 98 valence electrons. The zero-order chi connectivity index (χ0) is 11.5. The van der Waals surface area contributed by atoms with Crippen LogP contribution in [0, 0.1) is 5.92 Å². The van der Waals surface area contributed by atoms with Gasteiger partial charge in [-0.3, -0.25) is 4.90 Å². The summed E-state index contributed by atoms with van der Waals surface area (Å²) in [5.74, 6) is 0.728. The van der Waals surface area contributed by atoms with Crippen LogP contribution in [0.5, 0.6) is 0 Å². The summed E-state index contributed by atoms with van der Waals surface area (Å²) in [5, 5.41) is 0. The van der Waals surface area contributed by atoms with Gasteiger partial charge in [-0.1, -0.05) is 0 Å². The van der Waals surface area contributed by atoms with Gasteiger partial charge in [-0.25, -0.2) is 0 Å². The topological polar surface area (TPSA) is 29.3 Å². The fraction of sp³-hybridized carbons (Fsp3) is 0.667. The van der Waals surface area contributed by atoms with E-state index in [1.165, 1.54) is 34.6 Å². The van der Waals surface area contributed by atoms with Gasteiger partial charge in [0.15, 0.2) is 0 Å². The quantitative estimate of drug-likeness (QED) is 0.913. The maximum Gasteiger partial charge on any atom is 0.0701 e. The van der Waals surface area contributed by atoms with E-state index in [4.69, 9.17) is 5.73 Å². The molecule has 2 N–H and O–H groups in total. The molecule has 1 saturated heterocycles. The fourth-order valence-electron chi connectivity index (χ4n) is 2.29. The van der Waals surface area contributed by atoms with Crippen LogP contribution in [0.4, 0.5) is 0 Å². The molecule has 0 aliphatic carbocycles. The fourth-order valence-corrected chi connectivity index (χ4v) is 3.82. The molecule has 5 heteroatoms. The number of hydrogen-bond donors (Lipinski definition) is 1. The molecule has 0 aromatic carbocycles. The zero-order valence-corrected chi connectivity index (χ0v) is 13.3. The smallest absolute Gasteiger partial charge is 0.0701 e. The molecule has 2 nitrogen and oxygen atoms in total. The van der Waals surface area contributed by atoms with Crippen LogP contribution in [0.1, 0.15) is 24.6 Å². The van der Waals surface area contributed by atoms with E-state index in [0.717, 1.165) is 12.5 Å². The minimum Gasteiger partial charge on any atom is -0.328 e. The Balaban J connectivity index is 0.00000144. The van der Waals surface area contributed by atoms with E-state index >= 15 is 0 Å². The van der Waals surface area contributed by atoms with Crippen molar-refractivity contribution in [2.45, 2.75) is 32.4 Å². The first-order chi connectivity index (χ1) is 7.65. The summed E-state index contributed by atoms with van der Waals surface area (Å²) >= 11 is 5.35. The van der Waals surface area contributed by atoms with Crippen molar-refractivity contribution in [3.05, 3.63) is 20.8 Å². The van der Waals surface area contributed by atoms with Gasteiger partial charge in [0.2, 0.25) is 0 Å². The van der Waals surface area contributed by atoms with Gasteiger partial charge in [-0.2, -0.15) is 0 Å². The highest BCUT2D eigenvalue weighted by Gasteiger charge is 2.21. The standard InChI is InChI=1S/C12H19BrN2S.ClH/c1-9(14)10-4-6-15(7-5-10)8-11-2-3-12(13)16-11;/h2-3,9-10H,4-8,14H2,1H3;1H. The molecule has 0 spiro atoms. The SMILES string of the molecule is CC(N)C1CCN(Cc2ccc(Br)s2)CC1.Cl. The molecule has 1 atom stereocenters. The van der Waals surface area contributed by atoms with Crippen LogP contribution in [-0.2, 0) is 6.54 Å². The van der Waals surface area contributed by atoms with Gasteiger partial charge in [0, 0.05) is 17.5 Å². The van der Waals surface area contributed by atoms with Crippen LogP contribution in [0.25, 0.3) is 0 Å². The summed E-state index contributed by atoms with van der Waals surface area (Å²) in [7, 11) is 0. The van der Waals surface area contributed by atoms with Gasteiger partial charge >= 0.3 is 0 Å². The lowest BCUT2D eigenvalue weighted by atomic mass is 9.91. The van der Waals surface area contributed by atoms with E-state index in [2.05, 4.69) is 39.9 Å². The molecule has 2 rings (SSSR count). The molecule has 17 heavy (non-hydrogen) atoms. The Morgan fingerprint density at radius 3 is 2.59 bits per heavy atom. The molecule has 1 aliphatic rings. The van der Waals surface area contributed by atoms with Gasteiger partial charge < -0.3 is 5.73 Å². The van der Waals surface area contributed by atoms with Gasteiger partial charge in [0.25, 0.3) is 0 Å². The first-order valence-electron chi connectivity index (χ1n) is 5.87. The number of thiophene rings is 1. The summed E-state index contributed by atoms with van der Waals surface area (Å²) < 4.78 is 1.23. The molecule has 0 bridgehead atoms. The van der Waals surface area contributed by atoms with Crippen LogP contribution in [0.3, 0.4) is 0 Å². The van der Waals surface area contributed by atoms with E-state index < -0.39 is 0 Å². The van der Waals surface area contributed by atoms with Crippen molar-refractivity contribution in [1.82, 2.24) is 4.90 Å². The van der Waals surface area contributed by atoms with Gasteiger partial charge in [-0.15, -0.1) is 23.7 Å². The first kappa shape index (κ1) is 15.4. The third kappa shape index (κ3) is 4.52. The lowest BCUT2D eigenvalue weighted by Gasteiger charge is -2.33. The van der Waals surface area contributed by atoms with E-state index in [9.17, 15) is 0 Å². The highest BCUT2D eigenvalue weighted by atomic mass is 79.9. The number of piperidine rings is 1. The summed E-state index contributed by atoms with van der Waals surface area (Å²) in [6, 6.07) is 4.71. The van der Waals surface area contributed by atoms with E-state index in [1.54, 1.807) is 0 Å². The Kier molecular flexibility index (Phi) is 6.45. The van der Waals surface area contributed by atoms with Gasteiger partial charge in [0.05, 0.1) is 3.79 Å². The van der Waals surface area contributed by atoms with E-state index in [1.807, 2.05) is 11.3 Å². The van der Waals surface area contributed by atoms with Gasteiger partial charge in [0.1, 0.15) is 0 Å². The number of nitrogens with zero attached hydrogens (tertiary/aromatic N) is 1. The number of rotatable bonds is 3. The van der Waals surface area contributed by atoms with Crippen molar-refractivity contribution in [3.63, 3.8) is 0 Å². The number of likely N-dealkylation sites (tertiary alicyclic amines) is 1. The summed E-state index contributed by atoms with van der Waals surface area (Å²) in [4.78, 5) is 3.99. The van der Waals surface area contributed by atoms with Crippen LogP contribution >= 0.6 is 39.7 Å². The highest BCUT2D eigenvalue weighted by molar-refractivity contribution is 9.11. The number of hydrogen-bond acceptors (Lipinski definition) is 3. The monoisotopic (exact) mass is 338 g/mol. The second kappa shape index (κ2) is 7.10. The molecule has 1 fully saturated rings. The molecule has 1 aliphatic heterocycles. The minimum atomic E-state index is 0. The van der Waals surface area contributed by atoms with E-state index in [0.29, 0.717) is 6.04 Å². The minimum absolute atomic E-state index is 0. The van der Waals surface area contributed by atoms with Crippen molar-refractivity contribution in [3.8, 4) is 0 Å². The molecular formula is C12H20BrClN2S. The number of halogens is 2. The third-order valence-electron chi connectivity index (χ3n) is 3.38. The predicted molar refractivity (Wildman–Crippen MR) is 80.9 cm³/mol. The molecule has 2 heterocycles. The highest BCUT2D eigenvalue weighted by Crippen LogP contribution is 2.26. The number of nitrogens with two attached hydrogens (primary N) is 1. The third-order valence-corrected chi connectivity index (χ3v) is 4.99. The molecule has 0 amide bonds. The van der Waals surface area contributed by atoms with Crippen LogP contribution in [0.2, 0.25) is 0 Å². The summed E-state index contributed by atoms with van der Waals surface area (Å²) in [5.41, 5.74) is 5.95. The lowest BCUT2D eigenvalue weighted by molar-refractivity contribution is 0.167. The molecule has 1 unspecified atom stereocenters. The average Bonchev–Trinajstić information content (AvgIpc) is 2.65. The second-order valence-electron chi connectivity index (χ2n) is 4.68.